The summed E-state index contributed by atoms with van der Waals surface area (Å²) >= 11 is 4.24. The van der Waals surface area contributed by atoms with Crippen LogP contribution in [-0.2, 0) is 11.2 Å². The van der Waals surface area contributed by atoms with Crippen LogP contribution in [0.3, 0.4) is 0 Å². The smallest absolute Gasteiger partial charge is 0.191 e. The van der Waals surface area contributed by atoms with Gasteiger partial charge < -0.3 is 15.4 Å². The van der Waals surface area contributed by atoms with Gasteiger partial charge in [0.1, 0.15) is 0 Å². The van der Waals surface area contributed by atoms with E-state index in [1.807, 2.05) is 11.3 Å². The number of thiophene rings is 1. The van der Waals surface area contributed by atoms with Crippen LogP contribution in [0.1, 0.15) is 37.5 Å². The quantitative estimate of drug-likeness (QED) is 0.344. The van der Waals surface area contributed by atoms with Gasteiger partial charge in [-0.05, 0) is 72.7 Å². The zero-order valence-corrected chi connectivity index (χ0v) is 17.1. The van der Waals surface area contributed by atoms with E-state index in [0.717, 1.165) is 45.0 Å². The number of aliphatic imine (C=N–C) groups is 1. The number of nitrogens with zero attached hydrogens (tertiary/aromatic N) is 1. The highest BCUT2D eigenvalue weighted by molar-refractivity contribution is 14.1. The highest BCUT2D eigenvalue weighted by atomic mass is 127. The summed E-state index contributed by atoms with van der Waals surface area (Å²) in [6, 6.07) is 4.39. The van der Waals surface area contributed by atoms with Crippen molar-refractivity contribution in [3.8, 4) is 0 Å². The lowest BCUT2D eigenvalue weighted by molar-refractivity contribution is 0.0778. The molecule has 0 spiro atoms. The average Bonchev–Trinajstić information content (AvgIpc) is 2.91. The maximum Gasteiger partial charge on any atom is 0.191 e. The molecule has 130 valence electrons. The molecule has 1 aromatic rings. The lowest BCUT2D eigenvalue weighted by Gasteiger charge is -2.40. The van der Waals surface area contributed by atoms with E-state index in [-0.39, 0.29) is 0 Å². The number of methoxy groups -OCH3 is 1. The molecule has 0 bridgehead atoms. The summed E-state index contributed by atoms with van der Waals surface area (Å²) in [4.78, 5) is 6.26. The number of hydrogen-bond acceptors (Lipinski definition) is 3. The van der Waals surface area contributed by atoms with Crippen molar-refractivity contribution >= 4 is 39.9 Å². The Balaban J connectivity index is 1.81. The topological polar surface area (TPSA) is 45.7 Å². The normalized spacial score (nSPS) is 16.9. The molecule has 1 aromatic heterocycles. The van der Waals surface area contributed by atoms with Gasteiger partial charge in [-0.25, -0.2) is 0 Å². The molecule has 0 radical (unpaired) electrons. The molecular weight excluding hydrogens is 421 g/mol. The Morgan fingerprint density at radius 3 is 2.78 bits per heavy atom. The number of ether oxygens (including phenoxy) is 1. The van der Waals surface area contributed by atoms with Gasteiger partial charge in [0, 0.05) is 38.2 Å². The molecule has 1 fully saturated rings. The number of rotatable bonds is 9. The third kappa shape index (κ3) is 6.23. The van der Waals surface area contributed by atoms with Crippen LogP contribution in [0.5, 0.6) is 0 Å². The molecule has 0 saturated heterocycles. The number of nitrogens with one attached hydrogen (secondary N) is 2. The van der Waals surface area contributed by atoms with Crippen LogP contribution in [-0.4, -0.2) is 39.3 Å². The third-order valence-electron chi connectivity index (χ3n) is 4.46. The van der Waals surface area contributed by atoms with Crippen LogP contribution in [0.2, 0.25) is 0 Å². The second-order valence-corrected chi connectivity index (χ2v) is 9.24. The summed E-state index contributed by atoms with van der Waals surface area (Å²) in [5, 5.41) is 6.83. The predicted molar refractivity (Wildman–Crippen MR) is 107 cm³/mol. The van der Waals surface area contributed by atoms with E-state index in [1.165, 1.54) is 27.0 Å². The highest BCUT2D eigenvalue weighted by Gasteiger charge is 2.36. The van der Waals surface area contributed by atoms with Gasteiger partial charge in [0.05, 0.1) is 2.88 Å². The Kier molecular flexibility index (Phi) is 8.12. The maximum absolute atomic E-state index is 5.26. The van der Waals surface area contributed by atoms with Crippen molar-refractivity contribution in [1.82, 2.24) is 10.6 Å². The molecule has 4 nitrogen and oxygen atoms in total. The molecule has 6 heteroatoms. The summed E-state index contributed by atoms with van der Waals surface area (Å²) < 4.78 is 6.61. The van der Waals surface area contributed by atoms with Crippen molar-refractivity contribution in [3.63, 3.8) is 0 Å². The van der Waals surface area contributed by atoms with E-state index < -0.39 is 0 Å². The van der Waals surface area contributed by atoms with Crippen LogP contribution < -0.4 is 10.6 Å². The molecule has 0 amide bonds. The first kappa shape index (κ1) is 19.0. The monoisotopic (exact) mass is 449 g/mol. The van der Waals surface area contributed by atoms with Gasteiger partial charge in [0.25, 0.3) is 0 Å². The zero-order chi connectivity index (χ0) is 16.5. The van der Waals surface area contributed by atoms with E-state index in [1.54, 1.807) is 7.11 Å². The van der Waals surface area contributed by atoms with Crippen molar-refractivity contribution in [3.05, 3.63) is 19.9 Å². The summed E-state index contributed by atoms with van der Waals surface area (Å²) in [5.74, 6) is 0.947. The summed E-state index contributed by atoms with van der Waals surface area (Å²) in [7, 11) is 1.78. The van der Waals surface area contributed by atoms with Gasteiger partial charge in [-0.2, -0.15) is 0 Å². The Bertz CT molecular complexity index is 500. The first-order valence-corrected chi connectivity index (χ1v) is 10.3. The third-order valence-corrected chi connectivity index (χ3v) is 6.41. The molecule has 0 aromatic carbocycles. The molecule has 0 atom stereocenters. The molecule has 1 heterocycles. The van der Waals surface area contributed by atoms with Crippen LogP contribution in [0.15, 0.2) is 17.1 Å². The molecule has 1 aliphatic rings. The minimum Gasteiger partial charge on any atom is -0.385 e. The van der Waals surface area contributed by atoms with Gasteiger partial charge in [-0.15, -0.1) is 11.3 Å². The molecule has 0 unspecified atom stereocenters. The van der Waals surface area contributed by atoms with E-state index in [0.29, 0.717) is 5.41 Å². The lowest BCUT2D eigenvalue weighted by Crippen LogP contribution is -2.40. The van der Waals surface area contributed by atoms with Gasteiger partial charge in [-0.1, -0.05) is 6.42 Å². The Morgan fingerprint density at radius 1 is 1.39 bits per heavy atom. The molecule has 2 rings (SSSR count). The van der Waals surface area contributed by atoms with E-state index in [9.17, 15) is 0 Å². The second-order valence-electron chi connectivity index (χ2n) is 6.17. The standard InChI is InChI=1S/C17H28IN3OS/c1-3-19-16(20-11-7-14-5-6-15(18)23-14)21-13-17(8-4-9-17)10-12-22-2/h5-6H,3-4,7-13H2,1-2H3,(H2,19,20,21). The van der Waals surface area contributed by atoms with Crippen molar-refractivity contribution < 1.29 is 4.74 Å². The first-order valence-electron chi connectivity index (χ1n) is 8.43. The van der Waals surface area contributed by atoms with E-state index >= 15 is 0 Å². The van der Waals surface area contributed by atoms with Crippen LogP contribution in [0.25, 0.3) is 0 Å². The minimum atomic E-state index is 0.377. The fourth-order valence-corrected chi connectivity index (χ4v) is 4.62. The van der Waals surface area contributed by atoms with Crippen molar-refractivity contribution in [2.45, 2.75) is 39.0 Å². The Hall–Kier alpha value is -0.340. The van der Waals surface area contributed by atoms with Gasteiger partial charge in [-0.3, -0.25) is 4.99 Å². The molecule has 1 aliphatic carbocycles. The molecule has 1 saturated carbocycles. The second kappa shape index (κ2) is 9.84. The molecule has 23 heavy (non-hydrogen) atoms. The molecule has 2 N–H and O–H groups in total. The van der Waals surface area contributed by atoms with Gasteiger partial charge in [0.15, 0.2) is 5.96 Å². The Morgan fingerprint density at radius 2 is 2.22 bits per heavy atom. The minimum absolute atomic E-state index is 0.377. The zero-order valence-electron chi connectivity index (χ0n) is 14.2. The van der Waals surface area contributed by atoms with Gasteiger partial charge >= 0.3 is 0 Å². The number of hydrogen-bond donors (Lipinski definition) is 2. The summed E-state index contributed by atoms with van der Waals surface area (Å²) in [6.07, 6.45) is 6.08. The van der Waals surface area contributed by atoms with Gasteiger partial charge in [0.2, 0.25) is 0 Å². The maximum atomic E-state index is 5.26. The molecular formula is C17H28IN3OS. The lowest BCUT2D eigenvalue weighted by atomic mass is 9.67. The first-order chi connectivity index (χ1) is 11.2. The average molecular weight is 449 g/mol. The van der Waals surface area contributed by atoms with Crippen LogP contribution >= 0.6 is 33.9 Å². The van der Waals surface area contributed by atoms with Crippen LogP contribution in [0.4, 0.5) is 0 Å². The van der Waals surface area contributed by atoms with Crippen molar-refractivity contribution in [2.24, 2.45) is 10.4 Å². The van der Waals surface area contributed by atoms with E-state index in [2.05, 4.69) is 52.3 Å². The largest absolute Gasteiger partial charge is 0.385 e. The predicted octanol–water partition coefficient (Wildman–Crippen LogP) is 3.66. The SMILES string of the molecule is CCNC(=NCC1(CCOC)CCC1)NCCc1ccc(I)s1. The summed E-state index contributed by atoms with van der Waals surface area (Å²) in [5.41, 5.74) is 0.377. The van der Waals surface area contributed by atoms with Crippen molar-refractivity contribution in [2.75, 3.05) is 33.4 Å². The summed E-state index contributed by atoms with van der Waals surface area (Å²) in [6.45, 7) is 5.68. The molecule has 0 aliphatic heterocycles. The van der Waals surface area contributed by atoms with Crippen LogP contribution in [0, 0.1) is 8.30 Å². The highest BCUT2D eigenvalue weighted by Crippen LogP contribution is 2.44. The van der Waals surface area contributed by atoms with E-state index in [4.69, 9.17) is 9.73 Å². The number of halogens is 1. The Labute approximate surface area is 157 Å². The fourth-order valence-electron chi connectivity index (χ4n) is 2.86. The fraction of sp³-hybridized carbons (Fsp3) is 0.706. The number of guanidine groups is 1. The van der Waals surface area contributed by atoms with Crippen molar-refractivity contribution in [1.29, 1.82) is 0 Å².